The molecule has 0 aromatic heterocycles. The van der Waals surface area contributed by atoms with Crippen LogP contribution in [-0.2, 0) is 9.47 Å². The van der Waals surface area contributed by atoms with Crippen molar-refractivity contribution in [1.29, 1.82) is 0 Å². The van der Waals surface area contributed by atoms with Crippen LogP contribution in [0.2, 0.25) is 0 Å². The molecule has 180 valence electrons. The van der Waals surface area contributed by atoms with Crippen LogP contribution in [0.3, 0.4) is 0 Å². The Labute approximate surface area is 205 Å². The first-order chi connectivity index (χ1) is 16.5. The van der Waals surface area contributed by atoms with Gasteiger partial charge in [0.1, 0.15) is 0 Å². The van der Waals surface area contributed by atoms with Gasteiger partial charge in [-0.3, -0.25) is 0 Å². The Morgan fingerprint density at radius 1 is 0.765 bits per heavy atom. The molecule has 1 aliphatic heterocycles. The molecular weight excluding hydrogens is 418 g/mol. The maximum absolute atomic E-state index is 6.38. The van der Waals surface area contributed by atoms with E-state index in [2.05, 4.69) is 112 Å². The Hall–Kier alpha value is -2.62. The summed E-state index contributed by atoms with van der Waals surface area (Å²) < 4.78 is 12.7. The van der Waals surface area contributed by atoms with Crippen LogP contribution in [0.5, 0.6) is 0 Å². The molecule has 0 N–H and O–H groups in total. The van der Waals surface area contributed by atoms with Crippen LogP contribution in [0.15, 0.2) is 72.8 Å². The van der Waals surface area contributed by atoms with Gasteiger partial charge in [0.2, 0.25) is 0 Å². The molecule has 3 nitrogen and oxygen atoms in total. The lowest BCUT2D eigenvalue weighted by Gasteiger charge is -2.38. The van der Waals surface area contributed by atoms with Gasteiger partial charge in [-0.05, 0) is 82.0 Å². The van der Waals surface area contributed by atoms with Crippen LogP contribution >= 0.6 is 0 Å². The summed E-state index contributed by atoms with van der Waals surface area (Å²) in [6, 6.07) is 26.5. The Balaban J connectivity index is 1.65. The molecule has 0 bridgehead atoms. The van der Waals surface area contributed by atoms with E-state index in [1.807, 2.05) is 0 Å². The lowest BCUT2D eigenvalue weighted by Crippen LogP contribution is -2.40. The van der Waals surface area contributed by atoms with Gasteiger partial charge in [0, 0.05) is 23.0 Å². The summed E-state index contributed by atoms with van der Waals surface area (Å²) in [5.74, 6) is 0.239. The van der Waals surface area contributed by atoms with E-state index in [-0.39, 0.29) is 24.4 Å². The van der Waals surface area contributed by atoms with Crippen molar-refractivity contribution in [1.82, 2.24) is 0 Å². The van der Waals surface area contributed by atoms with Crippen molar-refractivity contribution in [3.8, 4) is 0 Å². The molecule has 1 fully saturated rings. The summed E-state index contributed by atoms with van der Waals surface area (Å²) in [4.78, 5) is 2.32. The monoisotopic (exact) mass is 457 g/mol. The molecule has 0 amide bonds. The molecule has 3 aromatic rings. The van der Waals surface area contributed by atoms with Gasteiger partial charge in [-0.25, -0.2) is 0 Å². The van der Waals surface area contributed by atoms with E-state index in [1.165, 1.54) is 16.7 Å². The molecule has 3 heteroatoms. The molecule has 1 saturated heterocycles. The Bertz CT molecular complexity index is 981. The molecule has 3 aromatic carbocycles. The predicted molar refractivity (Wildman–Crippen MR) is 142 cm³/mol. The molecule has 0 spiro atoms. The minimum atomic E-state index is -0.176. The van der Waals surface area contributed by atoms with Crippen LogP contribution in [0.4, 0.5) is 17.1 Å². The Morgan fingerprint density at radius 3 is 1.74 bits per heavy atom. The summed E-state index contributed by atoms with van der Waals surface area (Å²) in [5.41, 5.74) is 7.27. The fourth-order valence-corrected chi connectivity index (χ4v) is 4.86. The van der Waals surface area contributed by atoms with E-state index in [9.17, 15) is 0 Å². The zero-order chi connectivity index (χ0) is 24.1. The summed E-state index contributed by atoms with van der Waals surface area (Å²) in [7, 11) is 0. The van der Waals surface area contributed by atoms with Crippen LogP contribution in [0.1, 0.15) is 69.1 Å². The minimum Gasteiger partial charge on any atom is -0.349 e. The highest BCUT2D eigenvalue weighted by atomic mass is 16.7. The maximum atomic E-state index is 6.38. The number of hydrogen-bond donors (Lipinski definition) is 0. The van der Waals surface area contributed by atoms with Gasteiger partial charge in [-0.15, -0.1) is 0 Å². The van der Waals surface area contributed by atoms with Crippen molar-refractivity contribution in [3.63, 3.8) is 0 Å². The fourth-order valence-electron chi connectivity index (χ4n) is 4.86. The van der Waals surface area contributed by atoms with Gasteiger partial charge in [0.15, 0.2) is 6.29 Å². The summed E-state index contributed by atoms with van der Waals surface area (Å²) in [5, 5.41) is 0. The first-order valence-corrected chi connectivity index (χ1v) is 12.8. The number of benzene rings is 3. The van der Waals surface area contributed by atoms with Crippen molar-refractivity contribution in [2.75, 3.05) is 4.90 Å². The number of nitrogens with zero attached hydrogens (tertiary/aromatic N) is 1. The smallest absolute Gasteiger partial charge is 0.165 e. The number of rotatable bonds is 8. The van der Waals surface area contributed by atoms with E-state index < -0.39 is 0 Å². The van der Waals surface area contributed by atoms with Gasteiger partial charge in [-0.2, -0.15) is 0 Å². The van der Waals surface area contributed by atoms with Crippen molar-refractivity contribution >= 4 is 17.1 Å². The highest BCUT2D eigenvalue weighted by Gasteiger charge is 2.33. The van der Waals surface area contributed by atoms with Crippen LogP contribution in [-0.4, -0.2) is 18.5 Å². The van der Waals surface area contributed by atoms with Gasteiger partial charge in [0.05, 0.1) is 12.2 Å². The van der Waals surface area contributed by atoms with Crippen LogP contribution < -0.4 is 4.90 Å². The second kappa shape index (κ2) is 11.2. The highest BCUT2D eigenvalue weighted by molar-refractivity contribution is 5.76. The minimum absolute atomic E-state index is 0.176. The van der Waals surface area contributed by atoms with Gasteiger partial charge in [0.25, 0.3) is 0 Å². The van der Waals surface area contributed by atoms with Gasteiger partial charge in [-0.1, -0.05) is 67.8 Å². The summed E-state index contributed by atoms with van der Waals surface area (Å²) in [6.45, 7) is 10.9. The Kier molecular flexibility index (Phi) is 8.07. The van der Waals surface area contributed by atoms with Crippen molar-refractivity contribution < 1.29 is 9.47 Å². The third kappa shape index (κ3) is 5.71. The average molecular weight is 458 g/mol. The van der Waals surface area contributed by atoms with Crippen molar-refractivity contribution in [3.05, 3.63) is 89.5 Å². The zero-order valence-corrected chi connectivity index (χ0v) is 21.3. The third-order valence-corrected chi connectivity index (χ3v) is 6.84. The molecule has 0 aliphatic carbocycles. The molecular formula is C31H39NO2. The lowest BCUT2D eigenvalue weighted by molar-refractivity contribution is -0.248. The summed E-state index contributed by atoms with van der Waals surface area (Å²) >= 11 is 0. The largest absolute Gasteiger partial charge is 0.349 e. The van der Waals surface area contributed by atoms with E-state index in [1.54, 1.807) is 0 Å². The molecule has 34 heavy (non-hydrogen) atoms. The Morgan fingerprint density at radius 2 is 1.26 bits per heavy atom. The van der Waals surface area contributed by atoms with E-state index in [4.69, 9.17) is 9.47 Å². The summed E-state index contributed by atoms with van der Waals surface area (Å²) in [6.07, 6.45) is 4.50. The first kappa shape index (κ1) is 24.5. The number of ether oxygens (including phenoxy) is 2. The predicted octanol–water partition coefficient (Wildman–Crippen LogP) is 8.59. The van der Waals surface area contributed by atoms with Gasteiger partial charge < -0.3 is 14.4 Å². The number of aryl methyl sites for hydroxylation is 2. The SMILES string of the molecule is CCCC(c1ccc(N(c2ccc(C)cc2)c2ccc(C)cc2)cc1)C1OC(C)CC(CC)O1. The van der Waals surface area contributed by atoms with Crippen molar-refractivity contribution in [2.24, 2.45) is 0 Å². The normalized spacial score (nSPS) is 21.3. The quantitative estimate of drug-likeness (QED) is 0.338. The van der Waals surface area contributed by atoms with E-state index >= 15 is 0 Å². The number of anilines is 3. The molecule has 1 heterocycles. The van der Waals surface area contributed by atoms with Gasteiger partial charge >= 0.3 is 0 Å². The maximum Gasteiger partial charge on any atom is 0.165 e. The molecule has 0 radical (unpaired) electrons. The molecule has 4 unspecified atom stereocenters. The van der Waals surface area contributed by atoms with E-state index in [0.717, 1.165) is 42.7 Å². The zero-order valence-electron chi connectivity index (χ0n) is 21.3. The van der Waals surface area contributed by atoms with Crippen LogP contribution in [0, 0.1) is 13.8 Å². The lowest BCUT2D eigenvalue weighted by atomic mass is 9.92. The first-order valence-electron chi connectivity index (χ1n) is 12.8. The third-order valence-electron chi connectivity index (χ3n) is 6.84. The molecule has 1 aliphatic rings. The fraction of sp³-hybridized carbons (Fsp3) is 0.419. The van der Waals surface area contributed by atoms with E-state index in [0.29, 0.717) is 0 Å². The molecule has 4 atom stereocenters. The van der Waals surface area contributed by atoms with Crippen LogP contribution in [0.25, 0.3) is 0 Å². The number of hydrogen-bond acceptors (Lipinski definition) is 3. The van der Waals surface area contributed by atoms with Crippen molar-refractivity contribution in [2.45, 2.75) is 84.7 Å². The standard InChI is InChI=1S/C31H39NO2/c1-6-8-30(31-33-24(5)21-29(7-2)34-31)25-13-19-28(20-14-25)32(26-15-9-22(3)10-16-26)27-17-11-23(4)12-18-27/h9-20,24,29-31H,6-8,21H2,1-5H3. The average Bonchev–Trinajstić information content (AvgIpc) is 2.85. The highest BCUT2D eigenvalue weighted by Crippen LogP contribution is 2.38. The second-order valence-electron chi connectivity index (χ2n) is 9.71. The molecule has 4 rings (SSSR count). The molecule has 0 saturated carbocycles. The second-order valence-corrected chi connectivity index (χ2v) is 9.71. The topological polar surface area (TPSA) is 21.7 Å².